The Balaban J connectivity index is 1.54. The molecule has 0 unspecified atom stereocenters. The summed E-state index contributed by atoms with van der Waals surface area (Å²) in [6.45, 7) is 3.54. The lowest BCUT2D eigenvalue weighted by Gasteiger charge is -2.12. The monoisotopic (exact) mass is 691 g/mol. The zero-order valence-corrected chi connectivity index (χ0v) is 28.6. The molecule has 0 spiro atoms. The number of aromatic amines is 1. The highest BCUT2D eigenvalue weighted by molar-refractivity contribution is 6.22. The number of esters is 2. The van der Waals surface area contributed by atoms with Crippen LogP contribution in [0, 0.1) is 0 Å². The number of ketones is 2. The van der Waals surface area contributed by atoms with Crippen LogP contribution >= 0.6 is 0 Å². The highest BCUT2D eigenvalue weighted by atomic mass is 16.5. The van der Waals surface area contributed by atoms with Crippen LogP contribution in [0.1, 0.15) is 77.8 Å². The third-order valence-electron chi connectivity index (χ3n) is 7.74. The number of benzene rings is 4. The smallest absolute Gasteiger partial charge is 0.341 e. The average Bonchev–Trinajstić information content (AvgIpc) is 3.57. The number of carbonyl (C=O) groups is 4. The number of nitrogens with one attached hydrogen (secondary N) is 1. The standard InChI is InChI=1S/C40H37NO10/c1-5-48-39(44)33-34(40(45)49-6-2)36(38(43)28-18-20-30(32(22-28)47-4)51-24-26-15-11-8-12-16-26)41-35(33)37(42)27-17-19-29(31(21-27)46-3)50-23-25-13-9-7-10-14-25/h7-22,41H,5-6,23-24H2,1-4H3. The molecule has 11 nitrogen and oxygen atoms in total. The predicted octanol–water partition coefficient (Wildman–Crippen LogP) is 7.01. The van der Waals surface area contributed by atoms with Crippen LogP contribution in [0.5, 0.6) is 23.0 Å². The van der Waals surface area contributed by atoms with Crippen molar-refractivity contribution >= 4 is 23.5 Å². The Morgan fingerprint density at radius 2 is 0.922 bits per heavy atom. The Kier molecular flexibility index (Phi) is 11.9. The summed E-state index contributed by atoms with van der Waals surface area (Å²) in [6.07, 6.45) is 0. The fraction of sp³-hybridized carbons (Fsp3) is 0.200. The van der Waals surface area contributed by atoms with Crippen LogP contribution in [0.4, 0.5) is 0 Å². The van der Waals surface area contributed by atoms with E-state index in [1.807, 2.05) is 60.7 Å². The minimum absolute atomic E-state index is 0.0634. The van der Waals surface area contributed by atoms with Gasteiger partial charge in [-0.15, -0.1) is 0 Å². The molecule has 1 aromatic heterocycles. The molecule has 0 saturated heterocycles. The van der Waals surface area contributed by atoms with E-state index in [4.69, 9.17) is 28.4 Å². The highest BCUT2D eigenvalue weighted by Gasteiger charge is 2.36. The molecule has 5 rings (SSSR count). The Labute approximate surface area is 295 Å². The molecule has 4 aromatic carbocycles. The summed E-state index contributed by atoms with van der Waals surface area (Å²) in [6, 6.07) is 28.0. The summed E-state index contributed by atoms with van der Waals surface area (Å²) < 4.78 is 33.4. The maximum absolute atomic E-state index is 14.1. The minimum Gasteiger partial charge on any atom is -0.493 e. The topological polar surface area (TPSA) is 139 Å². The first-order valence-corrected chi connectivity index (χ1v) is 16.2. The van der Waals surface area contributed by atoms with E-state index >= 15 is 0 Å². The molecule has 51 heavy (non-hydrogen) atoms. The Bertz CT molecular complexity index is 1870. The summed E-state index contributed by atoms with van der Waals surface area (Å²) >= 11 is 0. The maximum Gasteiger partial charge on any atom is 0.341 e. The van der Waals surface area contributed by atoms with E-state index in [9.17, 15) is 19.2 Å². The summed E-state index contributed by atoms with van der Waals surface area (Å²) in [7, 11) is 2.86. The molecule has 0 radical (unpaired) electrons. The molecule has 0 fully saturated rings. The van der Waals surface area contributed by atoms with E-state index in [0.717, 1.165) is 11.1 Å². The summed E-state index contributed by atoms with van der Waals surface area (Å²) in [5.41, 5.74) is 0.498. The first-order valence-electron chi connectivity index (χ1n) is 16.2. The largest absolute Gasteiger partial charge is 0.493 e. The number of hydrogen-bond donors (Lipinski definition) is 1. The molecule has 262 valence electrons. The lowest BCUT2D eigenvalue weighted by molar-refractivity contribution is 0.0478. The number of aromatic nitrogens is 1. The highest BCUT2D eigenvalue weighted by Crippen LogP contribution is 2.34. The lowest BCUT2D eigenvalue weighted by Crippen LogP contribution is -2.17. The molecule has 0 aliphatic carbocycles. The number of H-pyrrole nitrogens is 1. The first-order chi connectivity index (χ1) is 24.8. The van der Waals surface area contributed by atoms with Gasteiger partial charge in [0.25, 0.3) is 0 Å². The molecule has 5 aromatic rings. The number of methoxy groups -OCH3 is 2. The van der Waals surface area contributed by atoms with Gasteiger partial charge in [0.05, 0.1) is 27.4 Å². The van der Waals surface area contributed by atoms with Gasteiger partial charge in [-0.05, 0) is 61.4 Å². The molecule has 0 amide bonds. The fourth-order valence-corrected chi connectivity index (χ4v) is 5.27. The van der Waals surface area contributed by atoms with E-state index < -0.39 is 34.6 Å². The van der Waals surface area contributed by atoms with Gasteiger partial charge in [0, 0.05) is 11.1 Å². The number of carbonyl (C=O) groups excluding carboxylic acids is 4. The minimum atomic E-state index is -0.990. The maximum atomic E-state index is 14.1. The van der Waals surface area contributed by atoms with Gasteiger partial charge >= 0.3 is 11.9 Å². The molecule has 0 bridgehead atoms. The third kappa shape index (κ3) is 8.27. The van der Waals surface area contributed by atoms with Crippen molar-refractivity contribution in [2.45, 2.75) is 27.1 Å². The predicted molar refractivity (Wildman–Crippen MR) is 187 cm³/mol. The normalized spacial score (nSPS) is 10.6. The Hall–Kier alpha value is -6.36. The number of ether oxygens (including phenoxy) is 6. The van der Waals surface area contributed by atoms with Crippen LogP contribution in [-0.2, 0) is 22.7 Å². The average molecular weight is 692 g/mol. The van der Waals surface area contributed by atoms with Gasteiger partial charge in [-0.2, -0.15) is 0 Å². The van der Waals surface area contributed by atoms with Crippen molar-refractivity contribution in [2.24, 2.45) is 0 Å². The van der Waals surface area contributed by atoms with Crippen LogP contribution in [0.3, 0.4) is 0 Å². The van der Waals surface area contributed by atoms with Crippen molar-refractivity contribution in [3.8, 4) is 23.0 Å². The van der Waals surface area contributed by atoms with E-state index in [-0.39, 0.29) is 60.4 Å². The van der Waals surface area contributed by atoms with Gasteiger partial charge in [0.2, 0.25) is 11.6 Å². The van der Waals surface area contributed by atoms with Crippen LogP contribution < -0.4 is 18.9 Å². The summed E-state index contributed by atoms with van der Waals surface area (Å²) in [5.74, 6) is -2.14. The van der Waals surface area contributed by atoms with E-state index in [2.05, 4.69) is 4.98 Å². The Morgan fingerprint density at radius 1 is 0.529 bits per heavy atom. The molecule has 0 aliphatic heterocycles. The molecule has 1 N–H and O–H groups in total. The van der Waals surface area contributed by atoms with E-state index in [0.29, 0.717) is 11.5 Å². The second kappa shape index (κ2) is 16.8. The molecule has 0 atom stereocenters. The van der Waals surface area contributed by atoms with Gasteiger partial charge < -0.3 is 33.4 Å². The quantitative estimate of drug-likeness (QED) is 0.0850. The van der Waals surface area contributed by atoms with Crippen molar-refractivity contribution in [3.05, 3.63) is 142 Å². The Morgan fingerprint density at radius 3 is 1.27 bits per heavy atom. The van der Waals surface area contributed by atoms with Crippen LogP contribution in [0.2, 0.25) is 0 Å². The van der Waals surface area contributed by atoms with E-state index in [1.54, 1.807) is 26.0 Å². The second-order valence-corrected chi connectivity index (χ2v) is 11.0. The van der Waals surface area contributed by atoms with Crippen molar-refractivity contribution in [2.75, 3.05) is 27.4 Å². The first kappa shape index (κ1) is 35.9. The molecule has 0 saturated carbocycles. The molecular formula is C40H37NO10. The second-order valence-electron chi connectivity index (χ2n) is 11.0. The van der Waals surface area contributed by atoms with Crippen LogP contribution in [-0.4, -0.2) is 55.9 Å². The van der Waals surface area contributed by atoms with Crippen molar-refractivity contribution < 1.29 is 47.6 Å². The van der Waals surface area contributed by atoms with Crippen molar-refractivity contribution in [3.63, 3.8) is 0 Å². The van der Waals surface area contributed by atoms with Gasteiger partial charge in [0.1, 0.15) is 35.7 Å². The van der Waals surface area contributed by atoms with E-state index in [1.165, 1.54) is 38.5 Å². The summed E-state index contributed by atoms with van der Waals surface area (Å²) in [4.78, 5) is 57.9. The fourth-order valence-electron chi connectivity index (χ4n) is 5.27. The summed E-state index contributed by atoms with van der Waals surface area (Å²) in [5, 5.41) is 0. The molecular weight excluding hydrogens is 654 g/mol. The molecule has 11 heteroatoms. The van der Waals surface area contributed by atoms with Gasteiger partial charge in [-0.25, -0.2) is 9.59 Å². The third-order valence-corrected chi connectivity index (χ3v) is 7.74. The van der Waals surface area contributed by atoms with Crippen LogP contribution in [0.25, 0.3) is 0 Å². The molecule has 1 heterocycles. The number of hydrogen-bond acceptors (Lipinski definition) is 10. The zero-order valence-electron chi connectivity index (χ0n) is 28.6. The SMILES string of the molecule is CCOC(=O)c1c(C(=O)c2ccc(OCc3ccccc3)c(OC)c2)[nH]c(C(=O)c2ccc(OCc3ccccc3)c(OC)c2)c1C(=O)OCC. The van der Waals surface area contributed by atoms with Crippen LogP contribution in [0.15, 0.2) is 97.1 Å². The van der Waals surface area contributed by atoms with Gasteiger partial charge in [-0.1, -0.05) is 60.7 Å². The molecule has 0 aliphatic rings. The number of rotatable bonds is 16. The van der Waals surface area contributed by atoms with Crippen molar-refractivity contribution in [1.29, 1.82) is 0 Å². The zero-order chi connectivity index (χ0) is 36.3. The van der Waals surface area contributed by atoms with Crippen molar-refractivity contribution in [1.82, 2.24) is 4.98 Å². The van der Waals surface area contributed by atoms with Gasteiger partial charge in [0.15, 0.2) is 23.0 Å². The van der Waals surface area contributed by atoms with Gasteiger partial charge in [-0.3, -0.25) is 9.59 Å². The lowest BCUT2D eigenvalue weighted by atomic mass is 9.99.